The quantitative estimate of drug-likeness (QED) is 0.201. The van der Waals surface area contributed by atoms with Gasteiger partial charge in [-0.3, -0.25) is 0 Å². The second kappa shape index (κ2) is 12.8. The highest BCUT2D eigenvalue weighted by molar-refractivity contribution is 4.70. The lowest BCUT2D eigenvalue weighted by Gasteiger charge is -2.31. The normalized spacial score (nSPS) is 20.5. The van der Waals surface area contributed by atoms with Crippen LogP contribution in [0.1, 0.15) is 70.6 Å². The van der Waals surface area contributed by atoms with Crippen LogP contribution >= 0.6 is 0 Å². The van der Waals surface area contributed by atoms with E-state index in [0.717, 1.165) is 25.7 Å². The van der Waals surface area contributed by atoms with Gasteiger partial charge >= 0.3 is 0 Å². The molecular weight excluding hydrogens is 280 g/mol. The Morgan fingerprint density at radius 1 is 0.636 bits per heavy atom. The van der Waals surface area contributed by atoms with Crippen molar-refractivity contribution in [1.29, 1.82) is 0 Å². The Bertz CT molecular complexity index is 263. The molecule has 0 aromatic rings. The van der Waals surface area contributed by atoms with E-state index in [4.69, 9.17) is 19.6 Å². The van der Waals surface area contributed by atoms with Gasteiger partial charge in [0.15, 0.2) is 0 Å². The van der Waals surface area contributed by atoms with Crippen molar-refractivity contribution in [3.05, 3.63) is 25.3 Å². The summed E-state index contributed by atoms with van der Waals surface area (Å²) in [5.74, 6) is -0.814. The molecule has 0 radical (unpaired) electrons. The molecule has 1 aliphatic carbocycles. The molecule has 0 atom stereocenters. The van der Waals surface area contributed by atoms with Gasteiger partial charge in [0, 0.05) is 12.8 Å². The van der Waals surface area contributed by atoms with Gasteiger partial charge in [-0.1, -0.05) is 57.1 Å². The first-order valence-corrected chi connectivity index (χ1v) is 8.66. The average Bonchev–Trinajstić information content (AvgIpc) is 2.51. The van der Waals surface area contributed by atoms with Crippen LogP contribution in [0, 0.1) is 0 Å². The maximum absolute atomic E-state index is 5.61. The van der Waals surface area contributed by atoms with Gasteiger partial charge in [-0.25, -0.2) is 9.78 Å². The van der Waals surface area contributed by atoms with Crippen LogP contribution in [0.2, 0.25) is 0 Å². The molecule has 0 saturated heterocycles. The summed E-state index contributed by atoms with van der Waals surface area (Å²) in [6.07, 6.45) is 15.9. The highest BCUT2D eigenvalue weighted by Crippen LogP contribution is 2.30. The maximum Gasteiger partial charge on any atom is 0.234 e. The molecule has 1 saturated carbocycles. The molecular formula is C18H32O4. The summed E-state index contributed by atoms with van der Waals surface area (Å²) in [4.78, 5) is 21.7. The predicted octanol–water partition coefficient (Wildman–Crippen LogP) is 5.26. The summed E-state index contributed by atoms with van der Waals surface area (Å²) >= 11 is 0. The van der Waals surface area contributed by atoms with Gasteiger partial charge in [0.25, 0.3) is 0 Å². The monoisotopic (exact) mass is 312 g/mol. The molecule has 1 rings (SSSR count). The van der Waals surface area contributed by atoms with Crippen LogP contribution in [0.25, 0.3) is 0 Å². The summed E-state index contributed by atoms with van der Waals surface area (Å²) < 4.78 is 0. The van der Waals surface area contributed by atoms with E-state index < -0.39 is 5.79 Å². The van der Waals surface area contributed by atoms with Crippen LogP contribution in [0.5, 0.6) is 0 Å². The highest BCUT2D eigenvalue weighted by atomic mass is 17.3. The first-order valence-electron chi connectivity index (χ1n) is 8.66. The molecule has 128 valence electrons. The van der Waals surface area contributed by atoms with Crippen LogP contribution in [0.15, 0.2) is 25.3 Å². The van der Waals surface area contributed by atoms with Crippen molar-refractivity contribution in [2.75, 3.05) is 13.2 Å². The summed E-state index contributed by atoms with van der Waals surface area (Å²) in [6.45, 7) is 7.95. The van der Waals surface area contributed by atoms with Crippen LogP contribution in [-0.2, 0) is 19.6 Å². The second-order valence-electron chi connectivity index (χ2n) is 5.91. The van der Waals surface area contributed by atoms with Crippen LogP contribution in [0.3, 0.4) is 0 Å². The van der Waals surface area contributed by atoms with E-state index in [9.17, 15) is 0 Å². The van der Waals surface area contributed by atoms with Gasteiger partial charge in [0.05, 0.1) is 0 Å². The molecule has 0 spiro atoms. The van der Waals surface area contributed by atoms with Gasteiger partial charge < -0.3 is 0 Å². The van der Waals surface area contributed by atoms with E-state index in [0.29, 0.717) is 13.2 Å². The fourth-order valence-corrected chi connectivity index (χ4v) is 2.71. The molecule has 1 fully saturated rings. The van der Waals surface area contributed by atoms with Crippen molar-refractivity contribution in [3.8, 4) is 0 Å². The Labute approximate surface area is 135 Å². The van der Waals surface area contributed by atoms with Crippen LogP contribution in [-0.4, -0.2) is 19.0 Å². The Morgan fingerprint density at radius 2 is 1.00 bits per heavy atom. The Hall–Kier alpha value is -0.680. The molecule has 0 aromatic carbocycles. The van der Waals surface area contributed by atoms with E-state index in [1.807, 2.05) is 0 Å². The lowest BCUT2D eigenvalue weighted by molar-refractivity contribution is -0.510. The number of hydrogen-bond donors (Lipinski definition) is 0. The first-order chi connectivity index (χ1) is 10.8. The van der Waals surface area contributed by atoms with E-state index in [-0.39, 0.29) is 0 Å². The van der Waals surface area contributed by atoms with Gasteiger partial charge in [-0.2, -0.15) is 9.78 Å². The minimum atomic E-state index is -0.814. The SMILES string of the molecule is C=CCOOC1(OOCC=C)CCCCCCCCCCC1. The molecule has 0 heterocycles. The molecule has 0 amide bonds. The minimum absolute atomic E-state index is 0.340. The molecule has 0 N–H and O–H groups in total. The fourth-order valence-electron chi connectivity index (χ4n) is 2.71. The van der Waals surface area contributed by atoms with Crippen LogP contribution < -0.4 is 0 Å². The number of hydrogen-bond acceptors (Lipinski definition) is 4. The summed E-state index contributed by atoms with van der Waals surface area (Å²) in [5, 5.41) is 0. The fraction of sp³-hybridized carbons (Fsp3) is 0.778. The van der Waals surface area contributed by atoms with Crippen molar-refractivity contribution in [1.82, 2.24) is 0 Å². The molecule has 0 aromatic heterocycles. The van der Waals surface area contributed by atoms with Gasteiger partial charge in [0.2, 0.25) is 5.79 Å². The van der Waals surface area contributed by atoms with E-state index in [1.54, 1.807) is 12.2 Å². The van der Waals surface area contributed by atoms with Crippen molar-refractivity contribution >= 4 is 0 Å². The zero-order valence-corrected chi connectivity index (χ0v) is 13.9. The lowest BCUT2D eigenvalue weighted by Crippen LogP contribution is -2.36. The predicted molar refractivity (Wildman–Crippen MR) is 88.0 cm³/mol. The summed E-state index contributed by atoms with van der Waals surface area (Å²) in [6, 6.07) is 0. The third-order valence-electron chi connectivity index (χ3n) is 3.91. The zero-order chi connectivity index (χ0) is 15.9. The van der Waals surface area contributed by atoms with Gasteiger partial charge in [0.1, 0.15) is 13.2 Å². The van der Waals surface area contributed by atoms with E-state index >= 15 is 0 Å². The van der Waals surface area contributed by atoms with E-state index in [2.05, 4.69) is 13.2 Å². The molecule has 4 nitrogen and oxygen atoms in total. The molecule has 0 bridgehead atoms. The third kappa shape index (κ3) is 8.69. The molecule has 1 aliphatic rings. The standard InChI is InChI=1S/C18H32O4/c1-3-16-19-21-18(22-20-17-4-2)14-12-10-8-6-5-7-9-11-13-15-18/h3-4H,1-2,5-17H2. The Morgan fingerprint density at radius 3 is 1.36 bits per heavy atom. The zero-order valence-electron chi connectivity index (χ0n) is 13.9. The summed E-state index contributed by atoms with van der Waals surface area (Å²) in [5.41, 5.74) is 0. The second-order valence-corrected chi connectivity index (χ2v) is 5.91. The van der Waals surface area contributed by atoms with E-state index in [1.165, 1.54) is 44.9 Å². The molecule has 4 heteroatoms. The van der Waals surface area contributed by atoms with Gasteiger partial charge in [-0.05, 0) is 12.8 Å². The van der Waals surface area contributed by atoms with Crippen molar-refractivity contribution in [3.63, 3.8) is 0 Å². The summed E-state index contributed by atoms with van der Waals surface area (Å²) in [7, 11) is 0. The van der Waals surface area contributed by atoms with Crippen molar-refractivity contribution < 1.29 is 19.6 Å². The minimum Gasteiger partial charge on any atom is -0.229 e. The Balaban J connectivity index is 2.60. The first kappa shape index (κ1) is 19.4. The van der Waals surface area contributed by atoms with Gasteiger partial charge in [-0.15, -0.1) is 13.2 Å². The number of rotatable bonds is 8. The third-order valence-corrected chi connectivity index (χ3v) is 3.91. The highest BCUT2D eigenvalue weighted by Gasteiger charge is 2.34. The van der Waals surface area contributed by atoms with Crippen LogP contribution in [0.4, 0.5) is 0 Å². The molecule has 0 unspecified atom stereocenters. The Kier molecular flexibility index (Phi) is 11.3. The average molecular weight is 312 g/mol. The largest absolute Gasteiger partial charge is 0.234 e. The molecule has 0 aliphatic heterocycles. The smallest absolute Gasteiger partial charge is 0.229 e. The van der Waals surface area contributed by atoms with Crippen molar-refractivity contribution in [2.45, 2.75) is 76.4 Å². The lowest BCUT2D eigenvalue weighted by atomic mass is 9.97. The molecule has 22 heavy (non-hydrogen) atoms. The topological polar surface area (TPSA) is 36.9 Å². The van der Waals surface area contributed by atoms with Crippen molar-refractivity contribution in [2.24, 2.45) is 0 Å². The maximum atomic E-state index is 5.61.